The van der Waals surface area contributed by atoms with Crippen molar-refractivity contribution in [1.82, 2.24) is 10.2 Å². The zero-order valence-electron chi connectivity index (χ0n) is 17.7. The topological polar surface area (TPSA) is 86.7 Å². The lowest BCUT2D eigenvalue weighted by molar-refractivity contribution is -0.146. The lowest BCUT2D eigenvalue weighted by Gasteiger charge is -2.44. The summed E-state index contributed by atoms with van der Waals surface area (Å²) in [5, 5.41) is 12.8. The van der Waals surface area contributed by atoms with Crippen LogP contribution in [0.1, 0.15) is 53.6 Å². The van der Waals surface area contributed by atoms with Crippen molar-refractivity contribution in [1.29, 1.82) is 0 Å². The molecule has 2 amide bonds. The number of amides is 2. The molecular formula is C25H28N2O4. The number of hydrogen-bond acceptors (Lipinski definition) is 4. The maximum absolute atomic E-state index is 13.2. The highest BCUT2D eigenvalue weighted by atomic mass is 16.3. The van der Waals surface area contributed by atoms with Gasteiger partial charge in [0.1, 0.15) is 0 Å². The summed E-state index contributed by atoms with van der Waals surface area (Å²) in [6.07, 6.45) is 1.05. The number of carbonyl (C=O) groups is 3. The van der Waals surface area contributed by atoms with Crippen molar-refractivity contribution in [2.75, 3.05) is 19.6 Å². The van der Waals surface area contributed by atoms with Gasteiger partial charge < -0.3 is 15.3 Å². The third-order valence-corrected chi connectivity index (χ3v) is 6.69. The van der Waals surface area contributed by atoms with Crippen LogP contribution in [0.4, 0.5) is 0 Å². The van der Waals surface area contributed by atoms with E-state index in [2.05, 4.69) is 5.32 Å². The van der Waals surface area contributed by atoms with Crippen molar-refractivity contribution in [3.8, 4) is 0 Å². The van der Waals surface area contributed by atoms with Gasteiger partial charge in [0.15, 0.2) is 5.78 Å². The molecule has 1 spiro atoms. The van der Waals surface area contributed by atoms with Crippen molar-refractivity contribution in [3.63, 3.8) is 0 Å². The van der Waals surface area contributed by atoms with Crippen molar-refractivity contribution < 1.29 is 19.5 Å². The number of nitrogens with zero attached hydrogens (tertiary/aromatic N) is 1. The lowest BCUT2D eigenvalue weighted by Crippen LogP contribution is -2.56. The van der Waals surface area contributed by atoms with Gasteiger partial charge in [-0.15, -0.1) is 0 Å². The van der Waals surface area contributed by atoms with E-state index in [4.69, 9.17) is 0 Å². The molecule has 2 atom stereocenters. The minimum atomic E-state index is -0.570. The standard InChI is InChI=1S/C25H28N2O4/c1-17(19-8-5-9-20(14-19)22(29)18-6-3-2-4-7-18)23(30)27-12-10-25(11-13-27)15-21(28)16-26-24(25)31/h2-9,14,17,21,28H,10-13,15-16H2,1H3,(H,26,31). The van der Waals surface area contributed by atoms with Crippen LogP contribution < -0.4 is 5.32 Å². The van der Waals surface area contributed by atoms with Gasteiger partial charge in [-0.25, -0.2) is 0 Å². The summed E-state index contributed by atoms with van der Waals surface area (Å²) in [6, 6.07) is 16.4. The van der Waals surface area contributed by atoms with Crippen LogP contribution in [0.15, 0.2) is 54.6 Å². The Kier molecular flexibility index (Phi) is 5.92. The highest BCUT2D eigenvalue weighted by Gasteiger charge is 2.46. The number of hydrogen-bond donors (Lipinski definition) is 2. The maximum Gasteiger partial charge on any atom is 0.229 e. The molecule has 4 rings (SSSR count). The Morgan fingerprint density at radius 1 is 1.06 bits per heavy atom. The predicted molar refractivity (Wildman–Crippen MR) is 117 cm³/mol. The molecule has 2 heterocycles. The predicted octanol–water partition coefficient (Wildman–Crippen LogP) is 2.51. The third kappa shape index (κ3) is 4.26. The van der Waals surface area contributed by atoms with Gasteiger partial charge in [0.25, 0.3) is 0 Å². The van der Waals surface area contributed by atoms with Crippen LogP contribution in [0.5, 0.6) is 0 Å². The van der Waals surface area contributed by atoms with E-state index in [1.54, 1.807) is 29.2 Å². The smallest absolute Gasteiger partial charge is 0.229 e. The summed E-state index contributed by atoms with van der Waals surface area (Å²) >= 11 is 0. The number of aliphatic hydroxyl groups excluding tert-OH is 1. The fraction of sp³-hybridized carbons (Fsp3) is 0.400. The number of benzene rings is 2. The third-order valence-electron chi connectivity index (χ3n) is 6.69. The average molecular weight is 421 g/mol. The van der Waals surface area contributed by atoms with Gasteiger partial charge in [0.05, 0.1) is 17.4 Å². The molecule has 6 heteroatoms. The van der Waals surface area contributed by atoms with E-state index in [0.717, 1.165) is 5.56 Å². The van der Waals surface area contributed by atoms with E-state index in [1.165, 1.54) is 0 Å². The van der Waals surface area contributed by atoms with E-state index in [9.17, 15) is 19.5 Å². The van der Waals surface area contributed by atoms with Crippen molar-refractivity contribution >= 4 is 17.6 Å². The van der Waals surface area contributed by atoms with E-state index in [1.807, 2.05) is 37.3 Å². The molecule has 0 aliphatic carbocycles. The number of rotatable bonds is 4. The minimum Gasteiger partial charge on any atom is -0.391 e. The second kappa shape index (κ2) is 8.63. The number of β-amino-alcohol motifs (C(OH)–C–C–N with tert-alkyl or cyclic N) is 1. The van der Waals surface area contributed by atoms with Gasteiger partial charge in [0.2, 0.25) is 11.8 Å². The number of carbonyl (C=O) groups excluding carboxylic acids is 3. The van der Waals surface area contributed by atoms with Gasteiger partial charge in [-0.2, -0.15) is 0 Å². The number of piperidine rings is 2. The second-order valence-corrected chi connectivity index (χ2v) is 8.72. The molecule has 2 unspecified atom stereocenters. The molecule has 162 valence electrons. The van der Waals surface area contributed by atoms with Crippen molar-refractivity contribution in [2.24, 2.45) is 5.41 Å². The van der Waals surface area contributed by atoms with Crippen molar-refractivity contribution in [2.45, 2.75) is 38.2 Å². The number of likely N-dealkylation sites (tertiary alicyclic amines) is 1. The highest BCUT2D eigenvalue weighted by molar-refractivity contribution is 6.09. The quantitative estimate of drug-likeness (QED) is 0.744. The molecule has 0 bridgehead atoms. The Hall–Kier alpha value is -2.99. The summed E-state index contributed by atoms with van der Waals surface area (Å²) in [5.74, 6) is -0.465. The zero-order chi connectivity index (χ0) is 22.0. The van der Waals surface area contributed by atoms with Gasteiger partial charge in [-0.05, 0) is 37.8 Å². The van der Waals surface area contributed by atoms with Crippen molar-refractivity contribution in [3.05, 3.63) is 71.3 Å². The molecule has 2 aromatic carbocycles. The number of nitrogens with one attached hydrogen (secondary N) is 1. The molecule has 2 fully saturated rings. The number of aliphatic hydroxyl groups is 1. The fourth-order valence-corrected chi connectivity index (χ4v) is 4.72. The highest BCUT2D eigenvalue weighted by Crippen LogP contribution is 2.39. The molecule has 2 aromatic rings. The fourth-order valence-electron chi connectivity index (χ4n) is 4.72. The average Bonchev–Trinajstić information content (AvgIpc) is 2.81. The zero-order valence-corrected chi connectivity index (χ0v) is 17.7. The molecule has 2 saturated heterocycles. The normalized spacial score (nSPS) is 21.4. The molecule has 0 radical (unpaired) electrons. The van der Waals surface area contributed by atoms with Gasteiger partial charge >= 0.3 is 0 Å². The van der Waals surface area contributed by atoms with E-state index >= 15 is 0 Å². The van der Waals surface area contributed by atoms with Gasteiger partial charge in [-0.1, -0.05) is 48.5 Å². The van der Waals surface area contributed by atoms with E-state index in [-0.39, 0.29) is 23.5 Å². The summed E-state index contributed by atoms with van der Waals surface area (Å²) in [5.41, 5.74) is 1.42. The largest absolute Gasteiger partial charge is 0.391 e. The van der Waals surface area contributed by atoms with Crippen LogP contribution in [0, 0.1) is 5.41 Å². The monoisotopic (exact) mass is 420 g/mol. The Morgan fingerprint density at radius 3 is 2.45 bits per heavy atom. The molecular weight excluding hydrogens is 392 g/mol. The van der Waals surface area contributed by atoms with Crippen LogP contribution in [-0.4, -0.2) is 53.3 Å². The second-order valence-electron chi connectivity index (χ2n) is 8.72. The molecule has 0 aromatic heterocycles. The molecule has 0 saturated carbocycles. The first-order chi connectivity index (χ1) is 14.9. The summed E-state index contributed by atoms with van der Waals surface area (Å²) in [7, 11) is 0. The summed E-state index contributed by atoms with van der Waals surface area (Å²) < 4.78 is 0. The first-order valence-corrected chi connectivity index (χ1v) is 10.8. The van der Waals surface area contributed by atoms with Crippen LogP contribution in [0.25, 0.3) is 0 Å². The maximum atomic E-state index is 13.2. The Bertz CT molecular complexity index is 980. The Morgan fingerprint density at radius 2 is 1.74 bits per heavy atom. The SMILES string of the molecule is CC(C(=O)N1CCC2(CC1)CC(O)CNC2=O)c1cccc(C(=O)c2ccccc2)c1. The van der Waals surface area contributed by atoms with E-state index < -0.39 is 11.5 Å². The first kappa shape index (κ1) is 21.2. The van der Waals surface area contributed by atoms with Gasteiger partial charge in [0, 0.05) is 30.8 Å². The number of ketones is 1. The molecule has 2 aliphatic heterocycles. The first-order valence-electron chi connectivity index (χ1n) is 10.8. The van der Waals surface area contributed by atoms with Crippen LogP contribution in [0.2, 0.25) is 0 Å². The summed E-state index contributed by atoms with van der Waals surface area (Å²) in [6.45, 7) is 3.14. The molecule has 2 aliphatic rings. The lowest BCUT2D eigenvalue weighted by atomic mass is 9.71. The molecule has 2 N–H and O–H groups in total. The minimum absolute atomic E-state index is 0.00377. The van der Waals surface area contributed by atoms with E-state index in [0.29, 0.717) is 50.0 Å². The molecule has 31 heavy (non-hydrogen) atoms. The van der Waals surface area contributed by atoms with Crippen LogP contribution in [-0.2, 0) is 9.59 Å². The molecule has 6 nitrogen and oxygen atoms in total. The van der Waals surface area contributed by atoms with Gasteiger partial charge in [-0.3, -0.25) is 14.4 Å². The van der Waals surface area contributed by atoms with Crippen LogP contribution in [0.3, 0.4) is 0 Å². The Balaban J connectivity index is 1.44. The van der Waals surface area contributed by atoms with Crippen LogP contribution >= 0.6 is 0 Å². The summed E-state index contributed by atoms with van der Waals surface area (Å²) in [4.78, 5) is 40.1. The Labute approximate surface area is 182 Å².